The highest BCUT2D eigenvalue weighted by molar-refractivity contribution is 7.13. The molecule has 146 valence electrons. The number of nitrogens with zero attached hydrogens (tertiary/aromatic N) is 1. The van der Waals surface area contributed by atoms with Crippen LogP contribution < -0.4 is 11.1 Å². The largest absolute Gasteiger partial charge is 0.388 e. The van der Waals surface area contributed by atoms with E-state index in [1.165, 1.54) is 11.3 Å². The number of aromatic nitrogens is 1. The molecule has 0 bridgehead atoms. The molecule has 0 saturated heterocycles. The number of nitrogens with one attached hydrogen (secondary N) is 1. The third-order valence-electron chi connectivity index (χ3n) is 4.13. The SMILES string of the molecule is [2H]C([2H])(CCCc1ccc(NC(=O)Cc2csc(N)n2)cc1)[C@]([2H])(O)c1ccccc1. The third-order valence-corrected chi connectivity index (χ3v) is 4.85. The molecule has 0 aliphatic carbocycles. The average molecular weight is 399 g/mol. The van der Waals surface area contributed by atoms with Gasteiger partial charge in [-0.25, -0.2) is 4.98 Å². The van der Waals surface area contributed by atoms with Crippen LogP contribution in [0.4, 0.5) is 10.8 Å². The maximum atomic E-state index is 12.1. The van der Waals surface area contributed by atoms with Crippen LogP contribution in [0.25, 0.3) is 0 Å². The van der Waals surface area contributed by atoms with Crippen molar-refractivity contribution in [1.29, 1.82) is 0 Å². The van der Waals surface area contributed by atoms with Crippen molar-refractivity contribution < 1.29 is 14.0 Å². The summed E-state index contributed by atoms with van der Waals surface area (Å²) in [5, 5.41) is 15.5. The van der Waals surface area contributed by atoms with Crippen LogP contribution in [0.15, 0.2) is 60.0 Å². The zero-order chi connectivity index (χ0) is 22.5. The first kappa shape index (κ1) is 16.3. The zero-order valence-electron chi connectivity index (χ0n) is 18.4. The molecular weight excluding hydrogens is 370 g/mol. The monoisotopic (exact) mass is 398 g/mol. The predicted molar refractivity (Wildman–Crippen MR) is 114 cm³/mol. The van der Waals surface area contributed by atoms with E-state index in [1.54, 1.807) is 47.8 Å². The third kappa shape index (κ3) is 6.18. The van der Waals surface area contributed by atoms with Gasteiger partial charge >= 0.3 is 0 Å². The van der Waals surface area contributed by atoms with Gasteiger partial charge < -0.3 is 16.2 Å². The number of rotatable bonds is 9. The second-order valence-electron chi connectivity index (χ2n) is 6.34. The Balaban J connectivity index is 1.50. The predicted octanol–water partition coefficient (Wildman–Crippen LogP) is 4.35. The molecule has 2 aromatic carbocycles. The number of carbonyl (C=O) groups is 1. The van der Waals surface area contributed by atoms with E-state index in [-0.39, 0.29) is 24.3 Å². The smallest absolute Gasteiger partial charge is 0.230 e. The van der Waals surface area contributed by atoms with Crippen LogP contribution in [0, 0.1) is 0 Å². The van der Waals surface area contributed by atoms with Gasteiger partial charge in [-0.2, -0.15) is 0 Å². The van der Waals surface area contributed by atoms with Crippen LogP contribution in [-0.4, -0.2) is 16.0 Å². The quantitative estimate of drug-likeness (QED) is 0.500. The summed E-state index contributed by atoms with van der Waals surface area (Å²) in [4.78, 5) is 16.2. The first-order chi connectivity index (χ1) is 14.7. The van der Waals surface area contributed by atoms with Gasteiger partial charge in [0.1, 0.15) is 0 Å². The van der Waals surface area contributed by atoms with E-state index in [0.717, 1.165) is 5.56 Å². The topological polar surface area (TPSA) is 88.2 Å². The number of thiazole rings is 1. The van der Waals surface area contributed by atoms with Gasteiger partial charge in [-0.05, 0) is 42.5 Å². The standard InChI is InChI=1S/C22H25N3O2S/c23-22-25-19(15-28-22)14-21(27)24-18-12-10-16(11-13-18)6-4-5-9-20(26)17-7-2-1-3-8-17/h1-3,7-8,10-13,15,20,26H,4-6,9,14H2,(H2,23,25)(H,24,27)/t20-/m0/s1/i9D2,20D. The fourth-order valence-corrected chi connectivity index (χ4v) is 3.29. The molecule has 0 saturated carbocycles. The summed E-state index contributed by atoms with van der Waals surface area (Å²) in [6, 6.07) is 15.6. The van der Waals surface area contributed by atoms with Crippen LogP contribution >= 0.6 is 11.3 Å². The van der Waals surface area contributed by atoms with Crippen molar-refractivity contribution in [3.63, 3.8) is 0 Å². The minimum Gasteiger partial charge on any atom is -0.388 e. The van der Waals surface area contributed by atoms with Crippen LogP contribution in [0.1, 0.15) is 46.2 Å². The average Bonchev–Trinajstić information content (AvgIpc) is 3.14. The molecule has 0 aliphatic heterocycles. The number of benzene rings is 2. The lowest BCUT2D eigenvalue weighted by Crippen LogP contribution is -2.14. The second kappa shape index (κ2) is 10.0. The molecule has 3 rings (SSSR count). The highest BCUT2D eigenvalue weighted by Gasteiger charge is 2.08. The Hall–Kier alpha value is -2.70. The second-order valence-corrected chi connectivity index (χ2v) is 7.23. The molecule has 28 heavy (non-hydrogen) atoms. The van der Waals surface area contributed by atoms with Gasteiger partial charge in [0.2, 0.25) is 5.91 Å². The van der Waals surface area contributed by atoms with Crippen molar-refractivity contribution >= 4 is 28.1 Å². The van der Waals surface area contributed by atoms with Crippen molar-refractivity contribution in [2.24, 2.45) is 0 Å². The lowest BCUT2D eigenvalue weighted by molar-refractivity contribution is -0.115. The first-order valence-corrected chi connectivity index (χ1v) is 9.92. The van der Waals surface area contributed by atoms with Gasteiger partial charge in [-0.3, -0.25) is 4.79 Å². The Morgan fingerprint density at radius 3 is 2.64 bits per heavy atom. The molecule has 0 radical (unpaired) electrons. The van der Waals surface area contributed by atoms with Gasteiger partial charge in [0.15, 0.2) is 5.13 Å². The van der Waals surface area contributed by atoms with E-state index in [4.69, 9.17) is 9.85 Å². The molecule has 0 unspecified atom stereocenters. The lowest BCUT2D eigenvalue weighted by Gasteiger charge is -2.10. The van der Waals surface area contributed by atoms with Crippen LogP contribution in [0.3, 0.4) is 0 Å². The van der Waals surface area contributed by atoms with E-state index in [9.17, 15) is 9.90 Å². The van der Waals surface area contributed by atoms with Gasteiger partial charge in [0.25, 0.3) is 0 Å². The van der Waals surface area contributed by atoms with E-state index < -0.39 is 12.5 Å². The summed E-state index contributed by atoms with van der Waals surface area (Å²) >= 11 is 1.30. The number of hydrogen-bond donors (Lipinski definition) is 3. The van der Waals surface area contributed by atoms with Gasteiger partial charge in [-0.1, -0.05) is 48.9 Å². The Kier molecular flexibility index (Phi) is 5.82. The molecule has 1 heterocycles. The van der Waals surface area contributed by atoms with Crippen molar-refractivity contribution in [3.8, 4) is 0 Å². The van der Waals surface area contributed by atoms with Crippen molar-refractivity contribution in [2.45, 2.75) is 38.1 Å². The molecule has 1 aromatic heterocycles. The lowest BCUT2D eigenvalue weighted by atomic mass is 10.0. The number of hydrogen-bond acceptors (Lipinski definition) is 5. The summed E-state index contributed by atoms with van der Waals surface area (Å²) < 4.78 is 24.6. The Morgan fingerprint density at radius 1 is 1.21 bits per heavy atom. The minimum absolute atomic E-state index is 0.0388. The minimum atomic E-state index is -2.32. The normalized spacial score (nSPS) is 15.1. The highest BCUT2D eigenvalue weighted by atomic mass is 32.1. The van der Waals surface area contributed by atoms with Crippen LogP contribution in [-0.2, 0) is 17.6 Å². The van der Waals surface area contributed by atoms with Crippen molar-refractivity contribution in [1.82, 2.24) is 4.98 Å². The van der Waals surface area contributed by atoms with E-state index in [2.05, 4.69) is 10.3 Å². The number of carbonyl (C=O) groups excluding carboxylic acids is 1. The molecule has 5 nitrogen and oxygen atoms in total. The molecule has 1 atom stereocenters. The summed E-state index contributed by atoms with van der Waals surface area (Å²) in [5.41, 5.74) is 8.09. The summed E-state index contributed by atoms with van der Waals surface area (Å²) in [5.74, 6) is -0.179. The van der Waals surface area contributed by atoms with Crippen molar-refractivity contribution in [2.75, 3.05) is 11.1 Å². The zero-order valence-corrected chi connectivity index (χ0v) is 16.2. The highest BCUT2D eigenvalue weighted by Crippen LogP contribution is 2.20. The summed E-state index contributed by atoms with van der Waals surface area (Å²) in [6.45, 7) is 0. The Bertz CT molecular complexity index is 1010. The molecule has 0 aliphatic rings. The van der Waals surface area contributed by atoms with Gasteiger partial charge in [0.05, 0.1) is 19.6 Å². The van der Waals surface area contributed by atoms with E-state index in [1.807, 2.05) is 12.1 Å². The Morgan fingerprint density at radius 2 is 1.96 bits per heavy atom. The number of amides is 1. The maximum Gasteiger partial charge on any atom is 0.230 e. The number of anilines is 2. The molecule has 1 amide bonds. The van der Waals surface area contributed by atoms with Gasteiger partial charge in [-0.15, -0.1) is 11.3 Å². The fraction of sp³-hybridized carbons (Fsp3) is 0.273. The molecule has 0 fully saturated rings. The first-order valence-electron chi connectivity index (χ1n) is 10.5. The van der Waals surface area contributed by atoms with Crippen molar-refractivity contribution in [3.05, 3.63) is 76.8 Å². The molecule has 3 aromatic rings. The summed E-state index contributed by atoms with van der Waals surface area (Å²) in [6.07, 6.45) is -3.15. The number of aryl methyl sites for hydroxylation is 1. The summed E-state index contributed by atoms with van der Waals surface area (Å²) in [7, 11) is 0. The molecule has 4 N–H and O–H groups in total. The van der Waals surface area contributed by atoms with E-state index >= 15 is 0 Å². The van der Waals surface area contributed by atoms with Gasteiger partial charge in [0, 0.05) is 13.8 Å². The maximum absolute atomic E-state index is 12.1. The van der Waals surface area contributed by atoms with Crippen LogP contribution in [0.2, 0.25) is 0 Å². The number of nitrogen functional groups attached to an aromatic ring is 1. The number of nitrogens with two attached hydrogens (primary N) is 1. The molecular formula is C22H25N3O2S. The molecule has 6 heteroatoms. The Labute approximate surface area is 173 Å². The molecule has 0 spiro atoms. The fourth-order valence-electron chi connectivity index (χ4n) is 2.73. The van der Waals surface area contributed by atoms with Crippen LogP contribution in [0.5, 0.6) is 0 Å². The van der Waals surface area contributed by atoms with E-state index in [0.29, 0.717) is 29.4 Å². The number of aliphatic hydroxyl groups is 1.